The molecule has 0 spiro atoms. The lowest BCUT2D eigenvalue weighted by atomic mass is 10.1. The van der Waals surface area contributed by atoms with E-state index < -0.39 is 0 Å². The first kappa shape index (κ1) is 18.3. The lowest BCUT2D eigenvalue weighted by Crippen LogP contribution is -2.39. The van der Waals surface area contributed by atoms with Gasteiger partial charge in [0, 0.05) is 37.9 Å². The van der Waals surface area contributed by atoms with Crippen molar-refractivity contribution in [3.05, 3.63) is 29.3 Å². The first-order valence-electron chi connectivity index (χ1n) is 8.60. The molecule has 5 nitrogen and oxygen atoms in total. The lowest BCUT2D eigenvalue weighted by Gasteiger charge is -2.26. The number of ether oxygens (including phenoxy) is 1. The number of benzene rings is 1. The van der Waals surface area contributed by atoms with Gasteiger partial charge in [0.05, 0.1) is 12.5 Å². The summed E-state index contributed by atoms with van der Waals surface area (Å²) in [5.74, 6) is -0.547. The molecule has 0 aromatic heterocycles. The molecule has 1 fully saturated rings. The number of aryl methyl sites for hydroxylation is 1. The van der Waals surface area contributed by atoms with Crippen molar-refractivity contribution >= 4 is 17.6 Å². The molecule has 1 aliphatic carbocycles. The highest BCUT2D eigenvalue weighted by atomic mass is 16.5. The first-order valence-corrected chi connectivity index (χ1v) is 8.60. The van der Waals surface area contributed by atoms with Gasteiger partial charge in [-0.1, -0.05) is 6.92 Å². The van der Waals surface area contributed by atoms with Gasteiger partial charge < -0.3 is 14.5 Å². The Bertz CT molecular complexity index is 609. The highest BCUT2D eigenvalue weighted by Crippen LogP contribution is 2.30. The molecule has 0 N–H and O–H groups in total. The van der Waals surface area contributed by atoms with Crippen molar-refractivity contribution in [1.29, 1.82) is 0 Å². The Morgan fingerprint density at radius 1 is 1.29 bits per heavy atom. The van der Waals surface area contributed by atoms with E-state index in [4.69, 9.17) is 4.74 Å². The summed E-state index contributed by atoms with van der Waals surface area (Å²) >= 11 is 0. The van der Waals surface area contributed by atoms with Crippen LogP contribution in [0.3, 0.4) is 0 Å². The zero-order valence-electron chi connectivity index (χ0n) is 15.3. The molecule has 24 heavy (non-hydrogen) atoms. The summed E-state index contributed by atoms with van der Waals surface area (Å²) in [5.41, 5.74) is 2.85. The largest absolute Gasteiger partial charge is 0.466 e. The maximum absolute atomic E-state index is 12.9. The Morgan fingerprint density at radius 3 is 2.46 bits per heavy atom. The molecular formula is C19H28N2O3. The minimum absolute atomic E-state index is 0.00190. The standard InChI is InChI=1S/C19H28N2O3/c1-6-24-19(23)14(3)12-21(16-8-9-16)18(22)15-7-10-17(20(4)5)13(2)11-15/h7,10-11,14,16H,6,8-9,12H2,1-5H3. The van der Waals surface area contributed by atoms with Crippen LogP contribution in [-0.4, -0.2) is 50.1 Å². The fraction of sp³-hybridized carbons (Fsp3) is 0.579. The number of hydrogen-bond acceptors (Lipinski definition) is 4. The van der Waals surface area contributed by atoms with E-state index in [2.05, 4.69) is 0 Å². The molecule has 2 rings (SSSR count). The van der Waals surface area contributed by atoms with E-state index in [1.54, 1.807) is 6.92 Å². The predicted molar refractivity (Wildman–Crippen MR) is 95.4 cm³/mol. The summed E-state index contributed by atoms with van der Waals surface area (Å²) in [5, 5.41) is 0. The van der Waals surface area contributed by atoms with E-state index in [9.17, 15) is 9.59 Å². The van der Waals surface area contributed by atoms with E-state index >= 15 is 0 Å². The summed E-state index contributed by atoms with van der Waals surface area (Å²) < 4.78 is 5.07. The van der Waals surface area contributed by atoms with Gasteiger partial charge in [0.1, 0.15) is 0 Å². The topological polar surface area (TPSA) is 49.9 Å². The molecule has 1 saturated carbocycles. The molecular weight excluding hydrogens is 304 g/mol. The second kappa shape index (κ2) is 7.69. The molecule has 5 heteroatoms. The molecule has 0 heterocycles. The minimum atomic E-state index is -0.309. The van der Waals surface area contributed by atoms with Crippen molar-refractivity contribution < 1.29 is 14.3 Å². The van der Waals surface area contributed by atoms with E-state index in [-0.39, 0.29) is 23.8 Å². The van der Waals surface area contributed by atoms with Crippen LogP contribution >= 0.6 is 0 Å². The van der Waals surface area contributed by atoms with Gasteiger partial charge in [0.2, 0.25) is 0 Å². The van der Waals surface area contributed by atoms with Crippen LogP contribution < -0.4 is 4.90 Å². The molecule has 0 aliphatic heterocycles. The SMILES string of the molecule is CCOC(=O)C(C)CN(C(=O)c1ccc(N(C)C)c(C)c1)C1CC1. The molecule has 1 amide bonds. The molecule has 0 saturated heterocycles. The Labute approximate surface area is 144 Å². The summed E-state index contributed by atoms with van der Waals surface area (Å²) in [6.45, 7) is 6.40. The Morgan fingerprint density at radius 2 is 1.96 bits per heavy atom. The zero-order valence-corrected chi connectivity index (χ0v) is 15.3. The van der Waals surface area contributed by atoms with Gasteiger partial charge in [-0.2, -0.15) is 0 Å². The van der Waals surface area contributed by atoms with Crippen molar-refractivity contribution in [3.8, 4) is 0 Å². The third-order valence-electron chi connectivity index (χ3n) is 4.33. The maximum atomic E-state index is 12.9. The van der Waals surface area contributed by atoms with Crippen LogP contribution in [0, 0.1) is 12.8 Å². The number of nitrogens with zero attached hydrogens (tertiary/aromatic N) is 2. The van der Waals surface area contributed by atoms with E-state index in [1.165, 1.54) is 0 Å². The van der Waals surface area contributed by atoms with Gasteiger partial charge in [-0.05, 0) is 50.5 Å². The number of esters is 1. The Hall–Kier alpha value is -2.04. The number of carbonyl (C=O) groups excluding carboxylic acids is 2. The monoisotopic (exact) mass is 332 g/mol. The van der Waals surface area contributed by atoms with Crippen molar-refractivity contribution in [1.82, 2.24) is 4.90 Å². The molecule has 0 radical (unpaired) electrons. The second-order valence-corrected chi connectivity index (χ2v) is 6.74. The highest BCUT2D eigenvalue weighted by Gasteiger charge is 2.35. The summed E-state index contributed by atoms with van der Waals surface area (Å²) in [4.78, 5) is 28.7. The third kappa shape index (κ3) is 4.28. The first-order chi connectivity index (χ1) is 11.3. The maximum Gasteiger partial charge on any atom is 0.310 e. The summed E-state index contributed by atoms with van der Waals surface area (Å²) in [6, 6.07) is 6.03. The number of carbonyl (C=O) groups is 2. The van der Waals surface area contributed by atoms with E-state index in [0.717, 1.165) is 24.1 Å². The fourth-order valence-electron chi connectivity index (χ4n) is 2.89. The van der Waals surface area contributed by atoms with Crippen LogP contribution in [0.1, 0.15) is 42.6 Å². The number of rotatable bonds is 7. The number of amides is 1. The summed E-state index contributed by atoms with van der Waals surface area (Å²) in [6.07, 6.45) is 2.02. The molecule has 1 aromatic carbocycles. The Balaban J connectivity index is 2.15. The predicted octanol–water partition coefficient (Wildman–Crippen LogP) is 2.86. The van der Waals surface area contributed by atoms with Gasteiger partial charge in [-0.3, -0.25) is 9.59 Å². The van der Waals surface area contributed by atoms with E-state index in [1.807, 2.05) is 55.9 Å². The normalized spacial score (nSPS) is 14.9. The zero-order chi connectivity index (χ0) is 17.9. The van der Waals surface area contributed by atoms with Gasteiger partial charge in [0.25, 0.3) is 5.91 Å². The number of anilines is 1. The number of hydrogen-bond donors (Lipinski definition) is 0. The van der Waals surface area contributed by atoms with Gasteiger partial charge in [0.15, 0.2) is 0 Å². The van der Waals surface area contributed by atoms with Gasteiger partial charge in [-0.15, -0.1) is 0 Å². The van der Waals surface area contributed by atoms with Gasteiger partial charge >= 0.3 is 5.97 Å². The molecule has 1 aliphatic rings. The van der Waals surface area contributed by atoms with Crippen molar-refractivity contribution in [2.24, 2.45) is 5.92 Å². The van der Waals surface area contributed by atoms with Crippen molar-refractivity contribution in [2.45, 2.75) is 39.7 Å². The molecule has 1 aromatic rings. The average molecular weight is 332 g/mol. The van der Waals surface area contributed by atoms with E-state index in [0.29, 0.717) is 18.7 Å². The molecule has 1 unspecified atom stereocenters. The van der Waals surface area contributed by atoms with Crippen LogP contribution in [0.25, 0.3) is 0 Å². The lowest BCUT2D eigenvalue weighted by molar-refractivity contribution is -0.147. The third-order valence-corrected chi connectivity index (χ3v) is 4.33. The average Bonchev–Trinajstić information content (AvgIpc) is 3.36. The molecule has 1 atom stereocenters. The van der Waals surface area contributed by atoms with Crippen molar-refractivity contribution in [2.75, 3.05) is 32.1 Å². The van der Waals surface area contributed by atoms with Crippen LogP contribution in [-0.2, 0) is 9.53 Å². The summed E-state index contributed by atoms with van der Waals surface area (Å²) in [7, 11) is 3.97. The quantitative estimate of drug-likeness (QED) is 0.721. The second-order valence-electron chi connectivity index (χ2n) is 6.74. The molecule has 132 valence electrons. The van der Waals surface area contributed by atoms with Crippen molar-refractivity contribution in [3.63, 3.8) is 0 Å². The minimum Gasteiger partial charge on any atom is -0.466 e. The van der Waals surface area contributed by atoms with Crippen LogP contribution in [0.2, 0.25) is 0 Å². The fourth-order valence-corrected chi connectivity index (χ4v) is 2.89. The molecule has 0 bridgehead atoms. The smallest absolute Gasteiger partial charge is 0.310 e. The van der Waals surface area contributed by atoms with Gasteiger partial charge in [-0.25, -0.2) is 0 Å². The van der Waals surface area contributed by atoms with Crippen LogP contribution in [0.15, 0.2) is 18.2 Å². The van der Waals surface area contributed by atoms with Crippen LogP contribution in [0.5, 0.6) is 0 Å². The Kier molecular flexibility index (Phi) is 5.86. The highest BCUT2D eigenvalue weighted by molar-refractivity contribution is 5.95. The van der Waals surface area contributed by atoms with Crippen LogP contribution in [0.4, 0.5) is 5.69 Å².